The highest BCUT2D eigenvalue weighted by molar-refractivity contribution is 7.91. The van der Waals surface area contributed by atoms with E-state index < -0.39 is 74.3 Å². The maximum absolute atomic E-state index is 14.8. The highest BCUT2D eigenvalue weighted by Crippen LogP contribution is 2.46. The molecule has 3 heterocycles. The molecule has 1 unspecified atom stereocenters. The Bertz CT molecular complexity index is 2310. The predicted molar refractivity (Wildman–Crippen MR) is 231 cm³/mol. The zero-order chi connectivity index (χ0) is 43.9. The van der Waals surface area contributed by atoms with Crippen molar-refractivity contribution < 1.29 is 41.8 Å². The smallest absolute Gasteiger partial charge is 0.408 e. The lowest BCUT2D eigenvalue weighted by molar-refractivity contribution is -0.141. The van der Waals surface area contributed by atoms with Crippen LogP contribution in [0.25, 0.3) is 22.0 Å². The number of likely N-dealkylation sites (N-methyl/N-ethyl adjacent to an activating group) is 1. The highest BCUT2D eigenvalue weighted by Gasteiger charge is 2.62. The number of anilines is 1. The van der Waals surface area contributed by atoms with E-state index in [4.69, 9.17) is 19.2 Å². The largest absolute Gasteiger partial charge is 0.497 e. The van der Waals surface area contributed by atoms with Gasteiger partial charge in [-0.1, -0.05) is 24.3 Å². The monoisotopic (exact) mass is 859 g/mol. The molecule has 61 heavy (non-hydrogen) atoms. The fourth-order valence-corrected chi connectivity index (χ4v) is 9.34. The Kier molecular flexibility index (Phi) is 12.3. The summed E-state index contributed by atoms with van der Waals surface area (Å²) in [6, 6.07) is 13.1. The normalized spacial score (nSPS) is 25.0. The molecule has 0 spiro atoms. The number of carbonyl (C=O) groups is 4. The topological polar surface area (TPSA) is 189 Å². The molecule has 0 bridgehead atoms. The Balaban J connectivity index is 1.25. The number of methoxy groups -OCH3 is 1. The predicted octanol–water partition coefficient (Wildman–Crippen LogP) is 3.98. The Morgan fingerprint density at radius 3 is 2.44 bits per heavy atom. The van der Waals surface area contributed by atoms with E-state index in [0.717, 1.165) is 16.6 Å². The molecule has 2 aliphatic carbocycles. The summed E-state index contributed by atoms with van der Waals surface area (Å²) in [5.41, 5.74) is 0.110. The second-order valence-electron chi connectivity index (χ2n) is 17.8. The molecule has 1 aromatic heterocycles. The molecule has 3 aromatic rings. The zero-order valence-corrected chi connectivity index (χ0v) is 36.7. The molecule has 4 amide bonds. The number of benzene rings is 2. The molecule has 1 saturated heterocycles. The lowest BCUT2D eigenvalue weighted by Gasteiger charge is -2.32. The second kappa shape index (κ2) is 17.2. The number of fused-ring (bicyclic) bond motifs is 3. The van der Waals surface area contributed by atoms with Gasteiger partial charge in [-0.25, -0.2) is 18.2 Å². The van der Waals surface area contributed by atoms with Crippen molar-refractivity contribution in [3.63, 3.8) is 0 Å². The van der Waals surface area contributed by atoms with Crippen LogP contribution in [0.15, 0.2) is 60.7 Å². The van der Waals surface area contributed by atoms with Crippen molar-refractivity contribution in [2.75, 3.05) is 52.8 Å². The molecular weight excluding hydrogens is 803 g/mol. The molecule has 17 heteroatoms. The second-order valence-corrected chi connectivity index (χ2v) is 19.8. The average molecular weight is 860 g/mol. The minimum atomic E-state index is -3.92. The summed E-state index contributed by atoms with van der Waals surface area (Å²) in [6.45, 7) is 5.80. The molecule has 7 rings (SSSR count). The van der Waals surface area contributed by atoms with Crippen LogP contribution in [0, 0.1) is 5.92 Å². The van der Waals surface area contributed by atoms with Gasteiger partial charge in [-0.3, -0.25) is 19.1 Å². The van der Waals surface area contributed by atoms with Gasteiger partial charge in [0.25, 0.3) is 5.91 Å². The van der Waals surface area contributed by atoms with Crippen LogP contribution in [0.4, 0.5) is 10.5 Å². The molecule has 5 atom stereocenters. The highest BCUT2D eigenvalue weighted by atomic mass is 32.2. The van der Waals surface area contributed by atoms with Gasteiger partial charge in [0.2, 0.25) is 27.7 Å². The molecule has 4 aliphatic rings. The van der Waals surface area contributed by atoms with Crippen LogP contribution in [0.1, 0.15) is 59.3 Å². The molecule has 328 valence electrons. The lowest BCUT2D eigenvalue weighted by Crippen LogP contribution is -2.59. The molecule has 0 radical (unpaired) electrons. The van der Waals surface area contributed by atoms with E-state index in [-0.39, 0.29) is 31.8 Å². The number of nitrogens with zero attached hydrogens (tertiary/aromatic N) is 4. The van der Waals surface area contributed by atoms with Gasteiger partial charge in [0.15, 0.2) is 0 Å². The van der Waals surface area contributed by atoms with Gasteiger partial charge in [-0.2, -0.15) is 0 Å². The first-order chi connectivity index (χ1) is 28.9. The number of pyridine rings is 1. The third kappa shape index (κ3) is 10.0. The Hall–Kier alpha value is -5.42. The van der Waals surface area contributed by atoms with Gasteiger partial charge < -0.3 is 39.5 Å². The lowest BCUT2D eigenvalue weighted by atomic mass is 10.1. The number of ether oxygens (including phenoxy) is 3. The van der Waals surface area contributed by atoms with Gasteiger partial charge in [-0.05, 0) is 108 Å². The summed E-state index contributed by atoms with van der Waals surface area (Å²) in [5, 5.41) is 6.49. The van der Waals surface area contributed by atoms with E-state index in [1.807, 2.05) is 85.6 Å². The first kappa shape index (κ1) is 43.7. The Morgan fingerprint density at radius 1 is 1.03 bits per heavy atom. The van der Waals surface area contributed by atoms with Gasteiger partial charge in [-0.15, -0.1) is 0 Å². The van der Waals surface area contributed by atoms with Gasteiger partial charge in [0, 0.05) is 49.6 Å². The minimum Gasteiger partial charge on any atom is -0.497 e. The SMILES string of the molecule is COc1ccc2c(OC3C[C@H]4C(=O)N[C@]5(C(=O)NS(=O)(=O)C6CC6)C[C@H]5C=CCCCN(C)C[C@H](NC(=O)OC(C)(C)C)C(=O)N4C3)nc(-c3ccc(N(C)C)cc3)cc2c1. The van der Waals surface area contributed by atoms with E-state index >= 15 is 0 Å². The van der Waals surface area contributed by atoms with Crippen LogP contribution in [-0.4, -0.2) is 129 Å². The first-order valence-corrected chi connectivity index (χ1v) is 22.4. The van der Waals surface area contributed by atoms with Crippen LogP contribution in [-0.2, 0) is 29.1 Å². The molecule has 2 aromatic carbocycles. The third-order valence-corrected chi connectivity index (χ3v) is 13.4. The quantitative estimate of drug-likeness (QED) is 0.263. The van der Waals surface area contributed by atoms with Crippen molar-refractivity contribution in [2.24, 2.45) is 5.92 Å². The zero-order valence-electron chi connectivity index (χ0n) is 35.9. The fraction of sp³-hybridized carbons (Fsp3) is 0.523. The Labute approximate surface area is 357 Å². The summed E-state index contributed by atoms with van der Waals surface area (Å²) in [4.78, 5) is 66.8. The Morgan fingerprint density at radius 2 is 1.77 bits per heavy atom. The molecule has 2 aliphatic heterocycles. The number of hydrogen-bond acceptors (Lipinski definition) is 12. The minimum absolute atomic E-state index is 0.00619. The summed E-state index contributed by atoms with van der Waals surface area (Å²) in [6.07, 6.45) is 4.68. The van der Waals surface area contributed by atoms with Crippen molar-refractivity contribution in [3.05, 3.63) is 60.7 Å². The number of nitrogens with one attached hydrogen (secondary N) is 3. The van der Waals surface area contributed by atoms with Crippen molar-refractivity contribution >= 4 is 50.3 Å². The van der Waals surface area contributed by atoms with Crippen LogP contribution >= 0.6 is 0 Å². The summed E-state index contributed by atoms with van der Waals surface area (Å²) < 4.78 is 46.0. The third-order valence-electron chi connectivity index (χ3n) is 11.5. The molecule has 16 nitrogen and oxygen atoms in total. The van der Waals surface area contributed by atoms with Crippen LogP contribution in [0.3, 0.4) is 0 Å². The number of sulfonamides is 1. The maximum Gasteiger partial charge on any atom is 0.408 e. The number of alkyl carbamates (subject to hydrolysis) is 1. The maximum atomic E-state index is 14.8. The van der Waals surface area contributed by atoms with Crippen molar-refractivity contribution in [1.29, 1.82) is 0 Å². The van der Waals surface area contributed by atoms with Crippen molar-refractivity contribution in [3.8, 4) is 22.9 Å². The van der Waals surface area contributed by atoms with E-state index in [1.54, 1.807) is 33.9 Å². The average Bonchev–Trinajstić information content (AvgIpc) is 4.13. The number of amides is 4. The van der Waals surface area contributed by atoms with E-state index in [2.05, 4.69) is 15.4 Å². The van der Waals surface area contributed by atoms with Gasteiger partial charge in [0.05, 0.1) is 24.6 Å². The van der Waals surface area contributed by atoms with E-state index in [9.17, 15) is 27.6 Å². The first-order valence-electron chi connectivity index (χ1n) is 20.8. The molecule has 3 fully saturated rings. The number of allylic oxidation sites excluding steroid dienone is 1. The molecule has 3 N–H and O–H groups in total. The standard InChI is InChI=1S/C44H57N7O9S/c1-43(2,3)60-42(55)46-36-26-50(6)20-10-8-9-11-29-24-44(29,41(54)48-61(56,57)33-17-18-33)47-38(52)37-23-32(25-51(37)40(36)53)59-39-34-19-16-31(58-7)21-28(34)22-35(45-39)27-12-14-30(15-13-27)49(4)5/h9,11-16,19,21-22,29,32-33,36-37H,8,10,17-18,20,23-26H2,1-7H3,(H,46,55)(H,47,52)(H,48,54)/t29-,32?,36+,37+,44-/m1/s1. The summed E-state index contributed by atoms with van der Waals surface area (Å²) in [7, 11) is 3.44. The molecular formula is C44H57N7O9S. The number of rotatable bonds is 9. The van der Waals surface area contributed by atoms with Crippen LogP contribution < -0.4 is 29.7 Å². The van der Waals surface area contributed by atoms with Crippen molar-refractivity contribution in [2.45, 2.75) is 93.9 Å². The number of carbonyl (C=O) groups excluding carboxylic acids is 4. The number of hydrogen-bond donors (Lipinski definition) is 3. The number of aromatic nitrogens is 1. The van der Waals surface area contributed by atoms with E-state index in [1.165, 1.54) is 4.90 Å². The van der Waals surface area contributed by atoms with E-state index in [0.29, 0.717) is 49.1 Å². The van der Waals surface area contributed by atoms with Crippen LogP contribution in [0.2, 0.25) is 0 Å². The van der Waals surface area contributed by atoms with Crippen molar-refractivity contribution in [1.82, 2.24) is 30.1 Å². The summed E-state index contributed by atoms with van der Waals surface area (Å²) in [5.74, 6) is -1.54. The van der Waals surface area contributed by atoms with Gasteiger partial charge in [0.1, 0.15) is 35.1 Å². The van der Waals surface area contributed by atoms with Gasteiger partial charge >= 0.3 is 6.09 Å². The molecule has 2 saturated carbocycles. The summed E-state index contributed by atoms with van der Waals surface area (Å²) >= 11 is 0. The van der Waals surface area contributed by atoms with Crippen LogP contribution in [0.5, 0.6) is 11.6 Å². The fourth-order valence-electron chi connectivity index (χ4n) is 7.98.